The lowest BCUT2D eigenvalue weighted by molar-refractivity contribution is 0.295. The molecule has 0 fully saturated rings. The van der Waals surface area contributed by atoms with Crippen molar-refractivity contribution < 1.29 is 9.47 Å². The van der Waals surface area contributed by atoms with Gasteiger partial charge < -0.3 is 9.47 Å². The van der Waals surface area contributed by atoms with Crippen molar-refractivity contribution in [2.24, 2.45) is 0 Å². The number of hydrogen-bond acceptors (Lipinski definition) is 3. The zero-order valence-electron chi connectivity index (χ0n) is 11.1. The Bertz CT molecular complexity index is 555. The molecule has 2 rings (SSSR count). The van der Waals surface area contributed by atoms with E-state index in [1.807, 2.05) is 24.3 Å². The van der Waals surface area contributed by atoms with Gasteiger partial charge in [0.15, 0.2) is 0 Å². The monoisotopic (exact) mass is 311 g/mol. The summed E-state index contributed by atoms with van der Waals surface area (Å²) in [4.78, 5) is 3.89. The van der Waals surface area contributed by atoms with E-state index in [1.165, 1.54) is 0 Å². The summed E-state index contributed by atoms with van der Waals surface area (Å²) in [5, 5.41) is 0.715. The lowest BCUT2D eigenvalue weighted by atomic mass is 10.3. The van der Waals surface area contributed by atoms with Crippen molar-refractivity contribution in [2.75, 3.05) is 6.61 Å². The lowest BCUT2D eigenvalue weighted by Gasteiger charge is -2.09. The van der Waals surface area contributed by atoms with Gasteiger partial charge in [-0.2, -0.15) is 0 Å². The van der Waals surface area contributed by atoms with Crippen LogP contribution in [0.2, 0.25) is 10.3 Å². The molecule has 0 saturated carbocycles. The first kappa shape index (κ1) is 14.9. The average Bonchev–Trinajstić information content (AvgIpc) is 2.42. The van der Waals surface area contributed by atoms with Gasteiger partial charge in [-0.15, -0.1) is 0 Å². The molecule has 0 aliphatic heterocycles. The maximum absolute atomic E-state index is 5.84. The molecule has 0 radical (unpaired) electrons. The molecule has 0 bridgehead atoms. The van der Waals surface area contributed by atoms with Crippen molar-refractivity contribution in [3.8, 4) is 11.5 Å². The topological polar surface area (TPSA) is 31.4 Å². The molecule has 0 unspecified atom stereocenters. The quantitative estimate of drug-likeness (QED) is 0.721. The first-order valence-electron chi connectivity index (χ1n) is 6.35. The molecule has 0 spiro atoms. The minimum atomic E-state index is 0.358. The molecule has 3 nitrogen and oxygen atoms in total. The Morgan fingerprint density at radius 1 is 1.00 bits per heavy atom. The van der Waals surface area contributed by atoms with E-state index < -0.39 is 0 Å². The second kappa shape index (κ2) is 7.36. The van der Waals surface area contributed by atoms with Crippen molar-refractivity contribution in [1.82, 2.24) is 4.98 Å². The van der Waals surface area contributed by atoms with Gasteiger partial charge in [0.1, 0.15) is 28.4 Å². The molecule has 1 aromatic heterocycles. The van der Waals surface area contributed by atoms with Crippen LogP contribution in [0.4, 0.5) is 0 Å². The van der Waals surface area contributed by atoms with Crippen LogP contribution in [-0.2, 0) is 6.61 Å². The maximum Gasteiger partial charge on any atom is 0.131 e. The number of aromatic nitrogens is 1. The molecule has 5 heteroatoms. The molecule has 2 aromatic rings. The van der Waals surface area contributed by atoms with Crippen molar-refractivity contribution in [3.63, 3.8) is 0 Å². The second-order valence-corrected chi connectivity index (χ2v) is 5.01. The Labute approximate surface area is 128 Å². The Morgan fingerprint density at radius 3 is 2.30 bits per heavy atom. The summed E-state index contributed by atoms with van der Waals surface area (Å²) < 4.78 is 11.3. The van der Waals surface area contributed by atoms with Crippen LogP contribution >= 0.6 is 23.2 Å². The average molecular weight is 312 g/mol. The smallest absolute Gasteiger partial charge is 0.131 e. The molecule has 0 aliphatic rings. The van der Waals surface area contributed by atoms with Crippen LogP contribution in [-0.4, -0.2) is 11.6 Å². The Kier molecular flexibility index (Phi) is 5.50. The highest BCUT2D eigenvalue weighted by atomic mass is 35.5. The van der Waals surface area contributed by atoms with Gasteiger partial charge in [-0.25, -0.2) is 4.98 Å². The highest BCUT2D eigenvalue weighted by molar-refractivity contribution is 6.32. The Morgan fingerprint density at radius 2 is 1.65 bits per heavy atom. The summed E-state index contributed by atoms with van der Waals surface area (Å²) in [6.07, 6.45) is 0.971. The normalized spacial score (nSPS) is 10.3. The standard InChI is InChI=1S/C15H15Cl2NO2/c1-2-6-19-12-4-3-5-13(9-12)20-10-11-7-14(16)18-15(17)8-11/h3-5,7-9H,2,6,10H2,1H3. The zero-order valence-corrected chi connectivity index (χ0v) is 12.6. The number of nitrogens with zero attached hydrogens (tertiary/aromatic N) is 1. The maximum atomic E-state index is 5.84. The number of ether oxygens (including phenoxy) is 2. The molecular formula is C15H15Cl2NO2. The predicted octanol–water partition coefficient (Wildman–Crippen LogP) is 4.76. The van der Waals surface area contributed by atoms with Gasteiger partial charge in [0, 0.05) is 6.07 Å². The number of benzene rings is 1. The van der Waals surface area contributed by atoms with Crippen LogP contribution in [0.1, 0.15) is 18.9 Å². The molecule has 1 heterocycles. The second-order valence-electron chi connectivity index (χ2n) is 4.23. The van der Waals surface area contributed by atoms with E-state index in [9.17, 15) is 0 Å². The van der Waals surface area contributed by atoms with Crippen LogP contribution < -0.4 is 9.47 Å². The van der Waals surface area contributed by atoms with E-state index in [4.69, 9.17) is 32.7 Å². The molecule has 1 aromatic carbocycles. The number of hydrogen-bond donors (Lipinski definition) is 0. The van der Waals surface area contributed by atoms with Crippen LogP contribution in [0.3, 0.4) is 0 Å². The zero-order chi connectivity index (χ0) is 14.4. The molecular weight excluding hydrogens is 297 g/mol. The lowest BCUT2D eigenvalue weighted by Crippen LogP contribution is -1.98. The Balaban J connectivity index is 1.99. The van der Waals surface area contributed by atoms with Crippen LogP contribution in [0.25, 0.3) is 0 Å². The molecule has 0 atom stereocenters. The highest BCUT2D eigenvalue weighted by Gasteiger charge is 2.02. The third-order valence-electron chi connectivity index (χ3n) is 2.51. The van der Waals surface area contributed by atoms with E-state index in [2.05, 4.69) is 11.9 Å². The van der Waals surface area contributed by atoms with Gasteiger partial charge in [-0.05, 0) is 36.2 Å². The van der Waals surface area contributed by atoms with Crippen molar-refractivity contribution in [2.45, 2.75) is 20.0 Å². The van der Waals surface area contributed by atoms with E-state index in [0.29, 0.717) is 23.5 Å². The Hall–Kier alpha value is -1.45. The highest BCUT2D eigenvalue weighted by Crippen LogP contribution is 2.21. The van der Waals surface area contributed by atoms with Gasteiger partial charge in [-0.3, -0.25) is 0 Å². The van der Waals surface area contributed by atoms with Gasteiger partial charge >= 0.3 is 0 Å². The van der Waals surface area contributed by atoms with Crippen molar-refractivity contribution in [3.05, 3.63) is 52.3 Å². The van der Waals surface area contributed by atoms with Crippen LogP contribution in [0.15, 0.2) is 36.4 Å². The number of rotatable bonds is 6. The first-order chi connectivity index (χ1) is 9.67. The van der Waals surface area contributed by atoms with E-state index in [1.54, 1.807) is 12.1 Å². The third-order valence-corrected chi connectivity index (χ3v) is 2.89. The van der Waals surface area contributed by atoms with E-state index >= 15 is 0 Å². The molecule has 0 amide bonds. The molecule has 106 valence electrons. The fourth-order valence-electron chi connectivity index (χ4n) is 1.64. The van der Waals surface area contributed by atoms with Gasteiger partial charge in [0.25, 0.3) is 0 Å². The van der Waals surface area contributed by atoms with Crippen molar-refractivity contribution >= 4 is 23.2 Å². The molecule has 0 aliphatic carbocycles. The minimum absolute atomic E-state index is 0.358. The molecule has 20 heavy (non-hydrogen) atoms. The van der Waals surface area contributed by atoms with E-state index in [-0.39, 0.29) is 0 Å². The van der Waals surface area contributed by atoms with Gasteiger partial charge in [0.05, 0.1) is 6.61 Å². The van der Waals surface area contributed by atoms with Crippen LogP contribution in [0, 0.1) is 0 Å². The molecule has 0 saturated heterocycles. The summed E-state index contributed by atoms with van der Waals surface area (Å²) in [5.41, 5.74) is 0.870. The SMILES string of the molecule is CCCOc1cccc(OCc2cc(Cl)nc(Cl)c2)c1. The van der Waals surface area contributed by atoms with Gasteiger partial charge in [0.2, 0.25) is 0 Å². The number of pyridine rings is 1. The van der Waals surface area contributed by atoms with Crippen LogP contribution in [0.5, 0.6) is 11.5 Å². The molecule has 0 N–H and O–H groups in total. The predicted molar refractivity (Wildman–Crippen MR) is 80.8 cm³/mol. The minimum Gasteiger partial charge on any atom is -0.493 e. The summed E-state index contributed by atoms with van der Waals surface area (Å²) in [5.74, 6) is 1.54. The fraction of sp³-hybridized carbons (Fsp3) is 0.267. The largest absolute Gasteiger partial charge is 0.493 e. The summed E-state index contributed by atoms with van der Waals surface area (Å²) in [6.45, 7) is 3.13. The first-order valence-corrected chi connectivity index (χ1v) is 7.10. The van der Waals surface area contributed by atoms with Crippen molar-refractivity contribution in [1.29, 1.82) is 0 Å². The summed E-state index contributed by atoms with van der Waals surface area (Å²) >= 11 is 11.7. The van der Waals surface area contributed by atoms with E-state index in [0.717, 1.165) is 23.5 Å². The summed E-state index contributed by atoms with van der Waals surface area (Å²) in [7, 11) is 0. The number of halogens is 2. The third kappa shape index (κ3) is 4.58. The van der Waals surface area contributed by atoms with Gasteiger partial charge in [-0.1, -0.05) is 36.2 Å². The fourth-order valence-corrected chi connectivity index (χ4v) is 2.14. The summed E-state index contributed by atoms with van der Waals surface area (Å²) in [6, 6.07) is 11.0.